The fourth-order valence-electron chi connectivity index (χ4n) is 1.69. The summed E-state index contributed by atoms with van der Waals surface area (Å²) < 4.78 is 0. The number of nitrogens with one attached hydrogen (secondary N) is 2. The van der Waals surface area contributed by atoms with Gasteiger partial charge in [0, 0.05) is 18.7 Å². The molecule has 0 amide bonds. The van der Waals surface area contributed by atoms with Gasteiger partial charge >= 0.3 is 0 Å². The number of benzene rings is 1. The highest BCUT2D eigenvalue weighted by atomic mass is 16.1. The van der Waals surface area contributed by atoms with E-state index in [0.717, 1.165) is 12.0 Å². The van der Waals surface area contributed by atoms with Crippen LogP contribution in [-0.4, -0.2) is 16.5 Å². The normalized spacial score (nSPS) is 12.1. The quantitative estimate of drug-likeness (QED) is 0.739. The van der Waals surface area contributed by atoms with E-state index in [2.05, 4.69) is 15.3 Å². The van der Waals surface area contributed by atoms with Gasteiger partial charge in [0.2, 0.25) is 0 Å². The molecule has 0 saturated carbocycles. The van der Waals surface area contributed by atoms with Crippen LogP contribution in [0.3, 0.4) is 0 Å². The second-order valence-electron chi connectivity index (χ2n) is 4.03. The molecule has 2 aromatic rings. The largest absolute Gasteiger partial charge is 0.370 e. The summed E-state index contributed by atoms with van der Waals surface area (Å²) in [5.41, 5.74) is 7.00. The predicted molar refractivity (Wildman–Crippen MR) is 71.3 cm³/mol. The van der Waals surface area contributed by atoms with E-state index < -0.39 is 0 Å². The zero-order valence-corrected chi connectivity index (χ0v) is 9.97. The lowest BCUT2D eigenvalue weighted by Crippen LogP contribution is -2.16. The number of nitrogens with two attached hydrogens (primary N) is 1. The van der Waals surface area contributed by atoms with Crippen LogP contribution in [0.4, 0.5) is 5.82 Å². The van der Waals surface area contributed by atoms with Gasteiger partial charge in [0.05, 0.1) is 6.33 Å². The summed E-state index contributed by atoms with van der Waals surface area (Å²) in [6.07, 6.45) is 2.15. The van der Waals surface area contributed by atoms with Crippen LogP contribution >= 0.6 is 0 Å². The first-order valence-corrected chi connectivity index (χ1v) is 5.85. The number of H-pyrrole nitrogens is 1. The number of aromatic amines is 1. The molecule has 18 heavy (non-hydrogen) atoms. The highest BCUT2D eigenvalue weighted by molar-refractivity contribution is 5.31. The Balaban J connectivity index is 1.84. The maximum Gasteiger partial charge on any atom is 0.252 e. The molecule has 94 valence electrons. The van der Waals surface area contributed by atoms with Crippen molar-refractivity contribution >= 4 is 5.82 Å². The monoisotopic (exact) mass is 244 g/mol. The lowest BCUT2D eigenvalue weighted by atomic mass is 10.1. The minimum atomic E-state index is -0.167. The van der Waals surface area contributed by atoms with E-state index in [-0.39, 0.29) is 11.6 Å². The van der Waals surface area contributed by atoms with Crippen LogP contribution in [0.25, 0.3) is 0 Å². The van der Waals surface area contributed by atoms with E-state index in [0.29, 0.717) is 12.4 Å². The van der Waals surface area contributed by atoms with E-state index in [1.54, 1.807) is 0 Å². The van der Waals surface area contributed by atoms with E-state index in [4.69, 9.17) is 5.73 Å². The van der Waals surface area contributed by atoms with Crippen LogP contribution in [0.5, 0.6) is 0 Å². The van der Waals surface area contributed by atoms with E-state index in [1.165, 1.54) is 12.4 Å². The van der Waals surface area contributed by atoms with Gasteiger partial charge in [-0.15, -0.1) is 0 Å². The summed E-state index contributed by atoms with van der Waals surface area (Å²) in [7, 11) is 0. The van der Waals surface area contributed by atoms with Gasteiger partial charge in [-0.3, -0.25) is 4.79 Å². The Labute approximate surface area is 105 Å². The SMILES string of the molecule is NC(CCNc1cc(=O)[nH]cn1)c1ccccc1. The Hall–Kier alpha value is -2.14. The summed E-state index contributed by atoms with van der Waals surface area (Å²) >= 11 is 0. The average Bonchev–Trinajstić information content (AvgIpc) is 2.40. The average molecular weight is 244 g/mol. The molecule has 2 rings (SSSR count). The minimum Gasteiger partial charge on any atom is -0.370 e. The van der Waals surface area contributed by atoms with Gasteiger partial charge in [-0.05, 0) is 12.0 Å². The molecule has 1 aromatic heterocycles. The predicted octanol–water partition coefficient (Wildman–Crippen LogP) is 1.27. The van der Waals surface area contributed by atoms with E-state index in [1.807, 2.05) is 30.3 Å². The Morgan fingerprint density at radius 1 is 1.33 bits per heavy atom. The van der Waals surface area contributed by atoms with Crippen molar-refractivity contribution in [3.8, 4) is 0 Å². The van der Waals surface area contributed by atoms with Crippen LogP contribution in [-0.2, 0) is 0 Å². The fraction of sp³-hybridized carbons (Fsp3) is 0.231. The van der Waals surface area contributed by atoms with Crippen molar-refractivity contribution in [3.63, 3.8) is 0 Å². The Morgan fingerprint density at radius 2 is 2.11 bits per heavy atom. The van der Waals surface area contributed by atoms with E-state index in [9.17, 15) is 4.79 Å². The Bertz CT molecular complexity index is 538. The van der Waals surface area contributed by atoms with Crippen LogP contribution < -0.4 is 16.6 Å². The molecule has 1 aromatic carbocycles. The highest BCUT2D eigenvalue weighted by Gasteiger charge is 2.04. The molecule has 1 heterocycles. The first kappa shape index (κ1) is 12.3. The maximum absolute atomic E-state index is 11.0. The van der Waals surface area contributed by atoms with Gasteiger partial charge < -0.3 is 16.0 Å². The van der Waals surface area contributed by atoms with Gasteiger partial charge in [-0.25, -0.2) is 4.98 Å². The molecule has 0 spiro atoms. The zero-order valence-electron chi connectivity index (χ0n) is 9.97. The van der Waals surface area contributed by atoms with E-state index >= 15 is 0 Å². The van der Waals surface area contributed by atoms with Crippen LogP contribution in [0.15, 0.2) is 47.5 Å². The number of rotatable bonds is 5. The van der Waals surface area contributed by atoms with Gasteiger partial charge in [0.15, 0.2) is 0 Å². The molecule has 0 bridgehead atoms. The number of nitrogens with zero attached hydrogens (tertiary/aromatic N) is 1. The Kier molecular flexibility index (Phi) is 4.09. The van der Waals surface area contributed by atoms with Crippen molar-refractivity contribution in [2.75, 3.05) is 11.9 Å². The molecule has 0 aliphatic rings. The fourth-order valence-corrected chi connectivity index (χ4v) is 1.69. The van der Waals surface area contributed by atoms with Crippen molar-refractivity contribution in [1.82, 2.24) is 9.97 Å². The Morgan fingerprint density at radius 3 is 2.83 bits per heavy atom. The summed E-state index contributed by atoms with van der Waals surface area (Å²) in [5.74, 6) is 0.569. The molecular formula is C13H16N4O. The van der Waals surface area contributed by atoms with Crippen molar-refractivity contribution in [3.05, 3.63) is 58.6 Å². The molecule has 5 nitrogen and oxygen atoms in total. The molecule has 4 N–H and O–H groups in total. The third kappa shape index (κ3) is 3.43. The van der Waals surface area contributed by atoms with Crippen molar-refractivity contribution in [2.45, 2.75) is 12.5 Å². The summed E-state index contributed by atoms with van der Waals surface area (Å²) in [6, 6.07) is 11.3. The summed E-state index contributed by atoms with van der Waals surface area (Å²) in [6.45, 7) is 0.673. The molecular weight excluding hydrogens is 228 g/mol. The summed E-state index contributed by atoms with van der Waals surface area (Å²) in [4.78, 5) is 17.5. The zero-order chi connectivity index (χ0) is 12.8. The number of hydrogen-bond acceptors (Lipinski definition) is 4. The second kappa shape index (κ2) is 5.97. The van der Waals surface area contributed by atoms with Gasteiger partial charge in [-0.2, -0.15) is 0 Å². The topological polar surface area (TPSA) is 83.8 Å². The second-order valence-corrected chi connectivity index (χ2v) is 4.03. The third-order valence-electron chi connectivity index (χ3n) is 2.67. The molecule has 1 atom stereocenters. The molecule has 0 aliphatic heterocycles. The number of aromatic nitrogens is 2. The van der Waals surface area contributed by atoms with Crippen molar-refractivity contribution < 1.29 is 0 Å². The molecule has 1 unspecified atom stereocenters. The van der Waals surface area contributed by atoms with Crippen molar-refractivity contribution in [1.29, 1.82) is 0 Å². The molecule has 5 heteroatoms. The van der Waals surface area contributed by atoms with Crippen LogP contribution in [0.2, 0.25) is 0 Å². The minimum absolute atomic E-state index is 0.0132. The third-order valence-corrected chi connectivity index (χ3v) is 2.67. The first-order chi connectivity index (χ1) is 8.75. The van der Waals surface area contributed by atoms with Crippen LogP contribution in [0, 0.1) is 0 Å². The van der Waals surface area contributed by atoms with Gasteiger partial charge in [0.25, 0.3) is 5.56 Å². The lowest BCUT2D eigenvalue weighted by molar-refractivity contribution is 0.674. The van der Waals surface area contributed by atoms with Crippen molar-refractivity contribution in [2.24, 2.45) is 5.73 Å². The standard InChI is InChI=1S/C13H16N4O/c14-11(10-4-2-1-3-5-10)6-7-15-12-8-13(18)17-9-16-12/h1-5,8-9,11H,6-7,14H2,(H2,15,16,17,18). The summed E-state index contributed by atoms with van der Waals surface area (Å²) in [5, 5.41) is 3.08. The molecule has 0 fully saturated rings. The lowest BCUT2D eigenvalue weighted by Gasteiger charge is -2.12. The number of anilines is 1. The van der Waals surface area contributed by atoms with Gasteiger partial charge in [0.1, 0.15) is 5.82 Å². The van der Waals surface area contributed by atoms with Crippen LogP contribution in [0.1, 0.15) is 18.0 Å². The first-order valence-electron chi connectivity index (χ1n) is 5.85. The molecule has 0 aliphatic carbocycles. The maximum atomic E-state index is 11.0. The van der Waals surface area contributed by atoms with Gasteiger partial charge in [-0.1, -0.05) is 30.3 Å². The molecule has 0 saturated heterocycles. The molecule has 0 radical (unpaired) electrons. The smallest absolute Gasteiger partial charge is 0.252 e. The number of hydrogen-bond donors (Lipinski definition) is 3. The highest BCUT2D eigenvalue weighted by Crippen LogP contribution is 2.12.